The highest BCUT2D eigenvalue weighted by atomic mass is 16.2. The highest BCUT2D eigenvalue weighted by Gasteiger charge is 2.35. The number of H-pyrrole nitrogens is 1. The van der Waals surface area contributed by atoms with E-state index in [-0.39, 0.29) is 17.1 Å². The van der Waals surface area contributed by atoms with E-state index in [1.807, 2.05) is 6.92 Å². The molecule has 2 N–H and O–H groups in total. The molecule has 0 bridgehead atoms. The van der Waals surface area contributed by atoms with Gasteiger partial charge in [-0.25, -0.2) is 0 Å². The summed E-state index contributed by atoms with van der Waals surface area (Å²) in [5.41, 5.74) is 2.94. The average Bonchev–Trinajstić information content (AvgIpc) is 2.79. The molecule has 0 saturated heterocycles. The number of rotatable bonds is 6. The third-order valence-corrected chi connectivity index (χ3v) is 4.74. The van der Waals surface area contributed by atoms with Crippen molar-refractivity contribution in [2.75, 3.05) is 26.2 Å². The van der Waals surface area contributed by atoms with Gasteiger partial charge in [-0.1, -0.05) is 27.7 Å². The summed E-state index contributed by atoms with van der Waals surface area (Å²) in [5, 5.41) is 2.96. The SMILES string of the molecule is CCN(CC)CCNC(=O)c1[nH]c2c(c1C)C(=O)CC(C)(C)C2. The van der Waals surface area contributed by atoms with Crippen LogP contribution in [0.3, 0.4) is 0 Å². The molecule has 0 fully saturated rings. The Kier molecular flexibility index (Phi) is 5.30. The molecule has 0 radical (unpaired) electrons. The predicted octanol–water partition coefficient (Wildman–Crippen LogP) is 2.55. The summed E-state index contributed by atoms with van der Waals surface area (Å²) in [6.07, 6.45) is 1.35. The maximum absolute atomic E-state index is 12.4. The van der Waals surface area contributed by atoms with Crippen molar-refractivity contribution in [2.45, 2.75) is 47.5 Å². The first-order valence-electron chi connectivity index (χ1n) is 8.54. The number of likely N-dealkylation sites (N-methyl/N-ethyl adjacent to an activating group) is 1. The van der Waals surface area contributed by atoms with E-state index in [1.54, 1.807) is 0 Å². The van der Waals surface area contributed by atoms with Crippen molar-refractivity contribution >= 4 is 11.7 Å². The number of carbonyl (C=O) groups is 2. The number of carbonyl (C=O) groups excluding carboxylic acids is 2. The topological polar surface area (TPSA) is 65.2 Å². The van der Waals surface area contributed by atoms with Crippen LogP contribution in [0.2, 0.25) is 0 Å². The summed E-state index contributed by atoms with van der Waals surface area (Å²) in [7, 11) is 0. The number of nitrogens with zero attached hydrogens (tertiary/aromatic N) is 1. The predicted molar refractivity (Wildman–Crippen MR) is 92.1 cm³/mol. The Morgan fingerprint density at radius 2 is 1.91 bits per heavy atom. The molecule has 2 rings (SSSR count). The molecular formula is C18H29N3O2. The van der Waals surface area contributed by atoms with Gasteiger partial charge >= 0.3 is 0 Å². The lowest BCUT2D eigenvalue weighted by Crippen LogP contribution is -2.35. The van der Waals surface area contributed by atoms with Crippen molar-refractivity contribution in [1.29, 1.82) is 0 Å². The Labute approximate surface area is 138 Å². The molecule has 1 aromatic heterocycles. The number of Topliss-reactive ketones (excluding diaryl/α,β-unsaturated/α-hetero) is 1. The van der Waals surface area contributed by atoms with E-state index in [1.165, 1.54) is 0 Å². The van der Waals surface area contributed by atoms with Gasteiger partial charge in [-0.05, 0) is 37.4 Å². The molecule has 128 valence electrons. The van der Waals surface area contributed by atoms with Gasteiger partial charge in [-0.15, -0.1) is 0 Å². The molecule has 0 atom stereocenters. The lowest BCUT2D eigenvalue weighted by atomic mass is 9.75. The number of amides is 1. The van der Waals surface area contributed by atoms with Gasteiger partial charge in [0.2, 0.25) is 0 Å². The van der Waals surface area contributed by atoms with Crippen LogP contribution >= 0.6 is 0 Å². The molecule has 5 heteroatoms. The van der Waals surface area contributed by atoms with Gasteiger partial charge in [0.15, 0.2) is 5.78 Å². The van der Waals surface area contributed by atoms with Crippen molar-refractivity contribution in [1.82, 2.24) is 15.2 Å². The van der Waals surface area contributed by atoms with Crippen LogP contribution in [0.5, 0.6) is 0 Å². The number of hydrogen-bond acceptors (Lipinski definition) is 3. The molecule has 1 aromatic rings. The molecular weight excluding hydrogens is 290 g/mol. The molecule has 1 amide bonds. The van der Waals surface area contributed by atoms with Crippen molar-refractivity contribution in [2.24, 2.45) is 5.41 Å². The second-order valence-corrected chi connectivity index (χ2v) is 7.20. The van der Waals surface area contributed by atoms with E-state index in [0.717, 1.165) is 42.9 Å². The fourth-order valence-electron chi connectivity index (χ4n) is 3.42. The zero-order valence-corrected chi connectivity index (χ0v) is 15.0. The number of hydrogen-bond donors (Lipinski definition) is 2. The maximum Gasteiger partial charge on any atom is 0.268 e. The summed E-state index contributed by atoms with van der Waals surface area (Å²) in [6.45, 7) is 13.7. The van der Waals surface area contributed by atoms with E-state index < -0.39 is 0 Å². The number of ketones is 1. The quantitative estimate of drug-likeness (QED) is 0.847. The van der Waals surface area contributed by atoms with E-state index in [0.29, 0.717) is 18.7 Å². The van der Waals surface area contributed by atoms with Crippen molar-refractivity contribution in [3.05, 3.63) is 22.5 Å². The van der Waals surface area contributed by atoms with Gasteiger partial charge in [-0.2, -0.15) is 0 Å². The fraction of sp³-hybridized carbons (Fsp3) is 0.667. The second kappa shape index (κ2) is 6.87. The zero-order valence-electron chi connectivity index (χ0n) is 15.0. The minimum atomic E-state index is -0.116. The van der Waals surface area contributed by atoms with Gasteiger partial charge in [0.25, 0.3) is 5.91 Å². The van der Waals surface area contributed by atoms with Crippen LogP contribution in [0.1, 0.15) is 66.2 Å². The van der Waals surface area contributed by atoms with Crippen LogP contribution in [0.4, 0.5) is 0 Å². The molecule has 0 spiro atoms. The number of aromatic nitrogens is 1. The van der Waals surface area contributed by atoms with Crippen LogP contribution in [0.15, 0.2) is 0 Å². The second-order valence-electron chi connectivity index (χ2n) is 7.20. The largest absolute Gasteiger partial charge is 0.354 e. The van der Waals surface area contributed by atoms with Crippen molar-refractivity contribution < 1.29 is 9.59 Å². The van der Waals surface area contributed by atoms with Crippen LogP contribution in [-0.2, 0) is 6.42 Å². The van der Waals surface area contributed by atoms with E-state index in [4.69, 9.17) is 0 Å². The van der Waals surface area contributed by atoms with E-state index in [9.17, 15) is 9.59 Å². The summed E-state index contributed by atoms with van der Waals surface area (Å²) in [5.74, 6) is 0.0295. The van der Waals surface area contributed by atoms with Gasteiger partial charge in [0, 0.05) is 30.8 Å². The summed E-state index contributed by atoms with van der Waals surface area (Å²) < 4.78 is 0. The smallest absolute Gasteiger partial charge is 0.268 e. The lowest BCUT2D eigenvalue weighted by Gasteiger charge is -2.28. The number of fused-ring (bicyclic) bond motifs is 1. The van der Waals surface area contributed by atoms with Crippen molar-refractivity contribution in [3.63, 3.8) is 0 Å². The van der Waals surface area contributed by atoms with Crippen LogP contribution < -0.4 is 5.32 Å². The third-order valence-electron chi connectivity index (χ3n) is 4.74. The van der Waals surface area contributed by atoms with Crippen LogP contribution in [-0.4, -0.2) is 47.8 Å². The first kappa shape index (κ1) is 17.7. The highest BCUT2D eigenvalue weighted by Crippen LogP contribution is 2.36. The average molecular weight is 319 g/mol. The Bertz CT molecular complexity index is 598. The van der Waals surface area contributed by atoms with E-state index >= 15 is 0 Å². The van der Waals surface area contributed by atoms with E-state index in [2.05, 4.69) is 42.9 Å². The number of aromatic amines is 1. The summed E-state index contributed by atoms with van der Waals surface area (Å²) in [4.78, 5) is 30.3. The Morgan fingerprint density at radius 1 is 1.26 bits per heavy atom. The fourth-order valence-corrected chi connectivity index (χ4v) is 3.42. The molecule has 0 aliphatic heterocycles. The van der Waals surface area contributed by atoms with Gasteiger partial charge < -0.3 is 15.2 Å². The molecule has 1 aliphatic rings. The van der Waals surface area contributed by atoms with Gasteiger partial charge in [-0.3, -0.25) is 9.59 Å². The summed E-state index contributed by atoms with van der Waals surface area (Å²) in [6, 6.07) is 0. The first-order chi connectivity index (χ1) is 10.8. The minimum Gasteiger partial charge on any atom is -0.354 e. The van der Waals surface area contributed by atoms with Crippen LogP contribution in [0.25, 0.3) is 0 Å². The molecule has 0 saturated carbocycles. The molecule has 1 heterocycles. The monoisotopic (exact) mass is 319 g/mol. The maximum atomic E-state index is 12.4. The molecule has 5 nitrogen and oxygen atoms in total. The third kappa shape index (κ3) is 3.83. The molecule has 23 heavy (non-hydrogen) atoms. The normalized spacial score (nSPS) is 16.5. The van der Waals surface area contributed by atoms with Crippen LogP contribution in [0, 0.1) is 12.3 Å². The molecule has 1 aliphatic carbocycles. The zero-order chi connectivity index (χ0) is 17.2. The van der Waals surface area contributed by atoms with Gasteiger partial charge in [0.1, 0.15) is 5.69 Å². The highest BCUT2D eigenvalue weighted by molar-refractivity contribution is 6.04. The first-order valence-corrected chi connectivity index (χ1v) is 8.54. The number of nitrogens with one attached hydrogen (secondary N) is 2. The minimum absolute atomic E-state index is 0.0438. The lowest BCUT2D eigenvalue weighted by molar-refractivity contribution is 0.0909. The Balaban J connectivity index is 2.10. The standard InChI is InChI=1S/C18H29N3O2/c1-6-21(7-2)9-8-19-17(23)16-12(3)15-13(20-16)10-18(4,5)11-14(15)22/h20H,6-11H2,1-5H3,(H,19,23). The Hall–Kier alpha value is -1.62. The summed E-state index contributed by atoms with van der Waals surface area (Å²) >= 11 is 0. The molecule has 0 unspecified atom stereocenters. The Morgan fingerprint density at radius 3 is 2.52 bits per heavy atom. The van der Waals surface area contributed by atoms with Gasteiger partial charge in [0.05, 0.1) is 0 Å². The van der Waals surface area contributed by atoms with Crippen molar-refractivity contribution in [3.8, 4) is 0 Å². The molecule has 0 aromatic carbocycles.